The number of nitrogens with one attached hydrogen (secondary N) is 2. The average Bonchev–Trinajstić information content (AvgIpc) is 3.06. The highest BCUT2D eigenvalue weighted by Crippen LogP contribution is 2.41. The lowest BCUT2D eigenvalue weighted by Crippen LogP contribution is -2.53. The number of aliphatic hydroxyl groups is 1. The number of fused-ring (bicyclic) bond motifs is 2. The molecule has 4 aromatic rings. The van der Waals surface area contributed by atoms with Gasteiger partial charge in [-0.1, -0.05) is 81.3 Å². The topological polar surface area (TPSA) is 108 Å². The summed E-state index contributed by atoms with van der Waals surface area (Å²) in [5.74, 6) is 0.124. The number of sulfonamides is 1. The Morgan fingerprint density at radius 2 is 1.57 bits per heavy atom. The zero-order valence-electron chi connectivity index (χ0n) is 27.8. The van der Waals surface area contributed by atoms with Gasteiger partial charge in [0.2, 0.25) is 10.0 Å². The van der Waals surface area contributed by atoms with Gasteiger partial charge in [0, 0.05) is 47.2 Å². The number of carbonyl (C=O) groups excluding carboxylic acids is 1. The van der Waals surface area contributed by atoms with E-state index in [1.807, 2.05) is 48.5 Å². The monoisotopic (exact) mass is 657 g/mol. The van der Waals surface area contributed by atoms with E-state index in [1.54, 1.807) is 44.2 Å². The van der Waals surface area contributed by atoms with Crippen LogP contribution in [0.4, 0.5) is 5.69 Å². The molecule has 2 atom stereocenters. The molecule has 0 spiro atoms. The van der Waals surface area contributed by atoms with Gasteiger partial charge in [0.1, 0.15) is 17.5 Å². The lowest BCUT2D eigenvalue weighted by Gasteiger charge is -2.42. The third kappa shape index (κ3) is 7.80. The Morgan fingerprint density at radius 1 is 0.894 bits per heavy atom. The van der Waals surface area contributed by atoms with Crippen LogP contribution in [0.5, 0.6) is 5.75 Å². The van der Waals surface area contributed by atoms with Crippen LogP contribution < -0.4 is 19.7 Å². The number of aliphatic hydroxyl groups excluding tert-OH is 1. The fourth-order valence-corrected chi connectivity index (χ4v) is 7.63. The van der Waals surface area contributed by atoms with Gasteiger partial charge in [-0.2, -0.15) is 0 Å². The molecule has 0 radical (unpaired) electrons. The van der Waals surface area contributed by atoms with Crippen molar-refractivity contribution in [1.82, 2.24) is 10.0 Å². The Morgan fingerprint density at radius 3 is 2.28 bits per heavy atom. The molecular formula is C38H47N3O5S. The average molecular weight is 658 g/mol. The van der Waals surface area contributed by atoms with Crippen LogP contribution in [0.3, 0.4) is 0 Å². The minimum Gasteiger partial charge on any atom is -0.485 e. The quantitative estimate of drug-likeness (QED) is 0.138. The Labute approximate surface area is 279 Å². The van der Waals surface area contributed by atoms with E-state index in [9.17, 15) is 18.3 Å². The molecular weight excluding hydrogens is 611 g/mol. The van der Waals surface area contributed by atoms with Crippen molar-refractivity contribution in [2.24, 2.45) is 0 Å². The van der Waals surface area contributed by atoms with Crippen LogP contribution in [0.2, 0.25) is 0 Å². The molecule has 0 fully saturated rings. The lowest BCUT2D eigenvalue weighted by atomic mass is 9.86. The van der Waals surface area contributed by atoms with Crippen LogP contribution in [0.25, 0.3) is 10.8 Å². The van der Waals surface area contributed by atoms with Gasteiger partial charge in [0.05, 0.1) is 10.9 Å². The molecule has 3 N–H and O–H groups in total. The minimum absolute atomic E-state index is 0.135. The molecule has 0 aliphatic carbocycles. The molecule has 9 heteroatoms. The maximum absolute atomic E-state index is 14.2. The number of unbranched alkanes of at least 4 members (excludes halogenated alkanes) is 2. The van der Waals surface area contributed by atoms with E-state index in [1.165, 1.54) is 0 Å². The molecule has 5 rings (SSSR count). The van der Waals surface area contributed by atoms with Crippen molar-refractivity contribution in [3.05, 3.63) is 102 Å². The predicted molar refractivity (Wildman–Crippen MR) is 189 cm³/mol. The summed E-state index contributed by atoms with van der Waals surface area (Å²) in [5.41, 5.74) is 1.79. The largest absolute Gasteiger partial charge is 0.485 e. The maximum Gasteiger partial charge on any atom is 0.251 e. The van der Waals surface area contributed by atoms with Gasteiger partial charge in [0.25, 0.3) is 5.91 Å². The molecule has 1 heterocycles. The van der Waals surface area contributed by atoms with Gasteiger partial charge in [-0.25, -0.2) is 13.1 Å². The van der Waals surface area contributed by atoms with Crippen molar-refractivity contribution in [3.63, 3.8) is 0 Å². The van der Waals surface area contributed by atoms with E-state index in [0.29, 0.717) is 35.2 Å². The summed E-state index contributed by atoms with van der Waals surface area (Å²) in [5, 5.41) is 15.9. The number of hydrogen-bond acceptors (Lipinski definition) is 6. The van der Waals surface area contributed by atoms with E-state index < -0.39 is 27.8 Å². The highest BCUT2D eigenvalue weighted by molar-refractivity contribution is 7.89. The van der Waals surface area contributed by atoms with Crippen molar-refractivity contribution in [3.8, 4) is 5.75 Å². The third-order valence-electron chi connectivity index (χ3n) is 8.88. The molecule has 0 saturated heterocycles. The standard InChI is InChI=1S/C38H47N3O5S/c1-5-7-24-41(25-8-6-2)32-18-12-17-30-29(32)16-13-19-34(30)47(44,45)40-35-31-26-28(20-21-33(31)46-38(3,4)36(35)42)37(43)39-23-22-27-14-10-9-11-15-27/h9-21,26,35-36,40,42H,5-8,22-25H2,1-4H3,(H,39,43)/t35-,36+/m1/s1. The second kappa shape index (κ2) is 14.9. The van der Waals surface area contributed by atoms with Crippen molar-refractivity contribution < 1.29 is 23.1 Å². The molecule has 0 unspecified atom stereocenters. The third-order valence-corrected chi connectivity index (χ3v) is 10.4. The zero-order chi connectivity index (χ0) is 33.6. The van der Waals surface area contributed by atoms with Gasteiger partial charge in [-0.05, 0) is 69.0 Å². The van der Waals surface area contributed by atoms with Gasteiger partial charge in [-0.3, -0.25) is 4.79 Å². The summed E-state index contributed by atoms with van der Waals surface area (Å²) in [6.45, 7) is 10.0. The van der Waals surface area contributed by atoms with Crippen LogP contribution in [0.1, 0.15) is 80.9 Å². The Balaban J connectivity index is 1.46. The molecule has 8 nitrogen and oxygen atoms in total. The van der Waals surface area contributed by atoms with E-state index >= 15 is 0 Å². The van der Waals surface area contributed by atoms with Gasteiger partial charge in [-0.15, -0.1) is 0 Å². The van der Waals surface area contributed by atoms with Crippen LogP contribution in [-0.2, 0) is 16.4 Å². The second-order valence-corrected chi connectivity index (χ2v) is 14.5. The molecule has 0 aromatic heterocycles. The van der Waals surface area contributed by atoms with Crippen molar-refractivity contribution in [1.29, 1.82) is 0 Å². The predicted octanol–water partition coefficient (Wildman–Crippen LogP) is 6.77. The van der Waals surface area contributed by atoms with E-state index in [2.05, 4.69) is 34.9 Å². The number of rotatable bonds is 14. The number of hydrogen-bond donors (Lipinski definition) is 3. The summed E-state index contributed by atoms with van der Waals surface area (Å²) >= 11 is 0. The van der Waals surface area contributed by atoms with Crippen LogP contribution in [-0.4, -0.2) is 50.8 Å². The second-order valence-electron chi connectivity index (χ2n) is 12.8. The van der Waals surface area contributed by atoms with E-state index in [0.717, 1.165) is 55.4 Å². The number of anilines is 1. The number of ether oxygens (including phenoxy) is 1. The summed E-state index contributed by atoms with van der Waals surface area (Å²) in [6.07, 6.45) is 3.67. The zero-order valence-corrected chi connectivity index (χ0v) is 28.6. The first kappa shape index (κ1) is 34.4. The van der Waals surface area contributed by atoms with Crippen LogP contribution >= 0.6 is 0 Å². The first-order valence-corrected chi connectivity index (χ1v) is 18.2. The molecule has 4 aromatic carbocycles. The number of amides is 1. The number of carbonyl (C=O) groups is 1. The Kier molecular flexibility index (Phi) is 10.9. The number of nitrogens with zero attached hydrogens (tertiary/aromatic N) is 1. The smallest absolute Gasteiger partial charge is 0.251 e. The van der Waals surface area contributed by atoms with Crippen molar-refractivity contribution >= 4 is 32.4 Å². The Hall–Kier alpha value is -3.92. The van der Waals surface area contributed by atoms with Crippen LogP contribution in [0.15, 0.2) is 89.8 Å². The number of benzene rings is 4. The summed E-state index contributed by atoms with van der Waals surface area (Å²) in [7, 11) is -4.15. The fourth-order valence-electron chi connectivity index (χ4n) is 6.19. The Bertz CT molecular complexity index is 1780. The fraction of sp³-hybridized carbons (Fsp3) is 0.395. The van der Waals surface area contributed by atoms with Gasteiger partial charge in [0.15, 0.2) is 0 Å². The van der Waals surface area contributed by atoms with Crippen molar-refractivity contribution in [2.75, 3.05) is 24.5 Å². The van der Waals surface area contributed by atoms with E-state index in [4.69, 9.17) is 4.74 Å². The minimum atomic E-state index is -4.15. The van der Waals surface area contributed by atoms with Gasteiger partial charge >= 0.3 is 0 Å². The lowest BCUT2D eigenvalue weighted by molar-refractivity contribution is -0.0603. The summed E-state index contributed by atoms with van der Waals surface area (Å²) in [6, 6.07) is 24.9. The normalized spacial score (nSPS) is 17.1. The molecule has 0 bridgehead atoms. The molecule has 1 aliphatic heterocycles. The molecule has 1 amide bonds. The van der Waals surface area contributed by atoms with Gasteiger partial charge < -0.3 is 20.1 Å². The first-order valence-electron chi connectivity index (χ1n) is 16.7. The molecule has 47 heavy (non-hydrogen) atoms. The van der Waals surface area contributed by atoms with E-state index in [-0.39, 0.29) is 10.8 Å². The van der Waals surface area contributed by atoms with Crippen molar-refractivity contribution in [2.45, 2.75) is 82.4 Å². The summed E-state index contributed by atoms with van der Waals surface area (Å²) in [4.78, 5) is 15.6. The molecule has 1 aliphatic rings. The summed E-state index contributed by atoms with van der Waals surface area (Å²) < 4.78 is 37.4. The van der Waals surface area contributed by atoms with Crippen LogP contribution in [0, 0.1) is 0 Å². The SMILES string of the molecule is CCCCN(CCCC)c1cccc2c(S(=O)(=O)N[C@@H]3c4cc(C(=O)NCCc5ccccc5)ccc4OC(C)(C)[C@H]3O)cccc12. The maximum atomic E-state index is 14.2. The molecule has 0 saturated carbocycles. The highest BCUT2D eigenvalue weighted by Gasteiger charge is 2.45. The highest BCUT2D eigenvalue weighted by atomic mass is 32.2. The first-order chi connectivity index (χ1) is 22.6. The molecule has 250 valence electrons.